The lowest BCUT2D eigenvalue weighted by molar-refractivity contribution is -0.135. The summed E-state index contributed by atoms with van der Waals surface area (Å²) < 4.78 is 27.0. The van der Waals surface area contributed by atoms with Crippen molar-refractivity contribution in [2.24, 2.45) is 0 Å². The minimum absolute atomic E-state index is 0.0792. The van der Waals surface area contributed by atoms with Crippen LogP contribution < -0.4 is 4.74 Å². The van der Waals surface area contributed by atoms with Crippen LogP contribution in [0.4, 0.5) is 0 Å². The molecule has 0 saturated heterocycles. The van der Waals surface area contributed by atoms with Crippen molar-refractivity contribution in [2.75, 3.05) is 6.54 Å². The molecule has 0 aromatic heterocycles. The van der Waals surface area contributed by atoms with Gasteiger partial charge in [-0.3, -0.25) is 14.2 Å². The van der Waals surface area contributed by atoms with Gasteiger partial charge in [-0.15, -0.1) is 0 Å². The monoisotopic (exact) mass is 418 g/mol. The summed E-state index contributed by atoms with van der Waals surface area (Å²) in [7, 11) is 0. The van der Waals surface area contributed by atoms with Crippen LogP contribution in [0, 0.1) is 5.41 Å². The van der Waals surface area contributed by atoms with E-state index >= 15 is 0 Å². The van der Waals surface area contributed by atoms with Gasteiger partial charge in [0.15, 0.2) is 0 Å². The number of nitrogens with zero attached hydrogens (tertiary/aromatic N) is 1. The van der Waals surface area contributed by atoms with E-state index in [0.717, 1.165) is 22.0 Å². The largest absolute Gasteiger partial charge is 0.427 e. The van der Waals surface area contributed by atoms with E-state index in [4.69, 9.17) is 15.0 Å². The Balaban J connectivity index is 1.75. The van der Waals surface area contributed by atoms with Gasteiger partial charge in [-0.05, 0) is 48.2 Å². The number of hydrogen-bond acceptors (Lipinski definition) is 5. The number of hydrogen-bond donors (Lipinski definition) is 2. The number of carbonyl (C=O) groups is 1. The summed E-state index contributed by atoms with van der Waals surface area (Å²) in [6.45, 7) is 2.29. The van der Waals surface area contributed by atoms with Crippen LogP contribution in [0.2, 0.25) is 0 Å². The van der Waals surface area contributed by atoms with Gasteiger partial charge in [0.05, 0.1) is 6.61 Å². The highest BCUT2D eigenvalue weighted by atomic mass is 32.2. The van der Waals surface area contributed by atoms with Gasteiger partial charge >= 0.3 is 5.97 Å². The van der Waals surface area contributed by atoms with E-state index < -0.39 is 17.2 Å². The fraction of sp³-hybridized carbons (Fsp3) is 0.333. The zero-order valence-corrected chi connectivity index (χ0v) is 17.2. The molecule has 0 bridgehead atoms. The van der Waals surface area contributed by atoms with Crippen molar-refractivity contribution in [1.29, 1.82) is 5.41 Å². The second kappa shape index (κ2) is 12.2. The van der Waals surface area contributed by atoms with Gasteiger partial charge in [0, 0.05) is 18.7 Å². The number of ether oxygens (including phenoxy) is 1. The van der Waals surface area contributed by atoms with Crippen molar-refractivity contribution in [1.82, 2.24) is 4.47 Å². The normalized spacial score (nSPS) is 12.0. The first kappa shape index (κ1) is 22.9. The molecule has 0 fully saturated rings. The molecule has 1 unspecified atom stereocenters. The molecule has 0 aliphatic carbocycles. The lowest BCUT2D eigenvalue weighted by Gasteiger charge is -2.17. The molecule has 0 heterocycles. The Morgan fingerprint density at radius 3 is 2.41 bits per heavy atom. The quantitative estimate of drug-likeness (QED) is 0.178. The van der Waals surface area contributed by atoms with Gasteiger partial charge in [0.2, 0.25) is 0 Å². The minimum Gasteiger partial charge on any atom is -0.427 e. The highest BCUT2D eigenvalue weighted by Gasteiger charge is 2.14. The molecule has 0 aliphatic heterocycles. The number of hydroxylamine groups is 1. The fourth-order valence-corrected chi connectivity index (χ4v) is 2.99. The molecule has 2 aromatic rings. The van der Waals surface area contributed by atoms with Crippen LogP contribution in [0.5, 0.6) is 5.75 Å². The van der Waals surface area contributed by atoms with Crippen molar-refractivity contribution >= 4 is 22.9 Å². The molecular formula is C21H26N2O5S. The van der Waals surface area contributed by atoms with Crippen LogP contribution in [0.3, 0.4) is 0 Å². The molecule has 0 aliphatic rings. The summed E-state index contributed by atoms with van der Waals surface area (Å²) in [6.07, 6.45) is 1.99. The van der Waals surface area contributed by atoms with Gasteiger partial charge in [-0.25, -0.2) is 4.21 Å². The van der Waals surface area contributed by atoms with Crippen molar-refractivity contribution in [3.63, 3.8) is 0 Å². The van der Waals surface area contributed by atoms with E-state index in [1.54, 1.807) is 24.3 Å². The van der Waals surface area contributed by atoms with Crippen LogP contribution in [0.25, 0.3) is 0 Å². The Morgan fingerprint density at radius 1 is 1.10 bits per heavy atom. The predicted molar refractivity (Wildman–Crippen MR) is 112 cm³/mol. The first-order valence-corrected chi connectivity index (χ1v) is 10.5. The third-order valence-electron chi connectivity index (χ3n) is 4.05. The average Bonchev–Trinajstić information content (AvgIpc) is 2.71. The summed E-state index contributed by atoms with van der Waals surface area (Å²) in [6, 6.07) is 16.1. The van der Waals surface area contributed by atoms with E-state index in [1.165, 1.54) is 0 Å². The molecule has 0 amide bonds. The van der Waals surface area contributed by atoms with E-state index in [1.807, 2.05) is 37.3 Å². The van der Waals surface area contributed by atoms with E-state index in [0.29, 0.717) is 24.3 Å². The van der Waals surface area contributed by atoms with Gasteiger partial charge in [-0.2, -0.15) is 0 Å². The summed E-state index contributed by atoms with van der Waals surface area (Å²) >= 11 is -2.30. The Morgan fingerprint density at radius 2 is 1.79 bits per heavy atom. The average molecular weight is 419 g/mol. The lowest BCUT2D eigenvalue weighted by Crippen LogP contribution is -2.27. The molecule has 1 atom stereocenters. The molecule has 29 heavy (non-hydrogen) atoms. The molecule has 0 spiro atoms. The second-order valence-electron chi connectivity index (χ2n) is 6.38. The molecule has 8 heteroatoms. The van der Waals surface area contributed by atoms with E-state index in [-0.39, 0.29) is 19.6 Å². The first-order valence-electron chi connectivity index (χ1n) is 9.43. The van der Waals surface area contributed by atoms with Crippen LogP contribution in [0.1, 0.15) is 43.7 Å². The second-order valence-corrected chi connectivity index (χ2v) is 7.25. The Bertz CT molecular complexity index is 812. The lowest BCUT2D eigenvalue weighted by atomic mass is 10.1. The van der Waals surface area contributed by atoms with Crippen molar-refractivity contribution in [3.05, 3.63) is 65.7 Å². The maximum Gasteiger partial charge on any atom is 0.311 e. The van der Waals surface area contributed by atoms with Crippen molar-refractivity contribution < 1.29 is 23.1 Å². The highest BCUT2D eigenvalue weighted by Crippen LogP contribution is 2.15. The summed E-state index contributed by atoms with van der Waals surface area (Å²) in [5.41, 5.74) is 2.24. The summed E-state index contributed by atoms with van der Waals surface area (Å²) in [5, 5.41) is 7.93. The number of benzene rings is 2. The zero-order valence-electron chi connectivity index (χ0n) is 16.4. The molecule has 2 N–H and O–H groups in total. The Labute approximate surface area is 173 Å². The fourth-order valence-electron chi connectivity index (χ4n) is 2.56. The van der Waals surface area contributed by atoms with Crippen molar-refractivity contribution in [3.8, 4) is 5.75 Å². The van der Waals surface area contributed by atoms with Gasteiger partial charge < -0.3 is 10.1 Å². The van der Waals surface area contributed by atoms with Gasteiger partial charge in [-0.1, -0.05) is 48.1 Å². The maximum atomic E-state index is 12.0. The van der Waals surface area contributed by atoms with Crippen molar-refractivity contribution in [2.45, 2.75) is 39.2 Å². The molecule has 156 valence electrons. The zero-order chi connectivity index (χ0) is 21.1. The van der Waals surface area contributed by atoms with E-state index in [2.05, 4.69) is 0 Å². The minimum atomic E-state index is -2.30. The smallest absolute Gasteiger partial charge is 0.311 e. The molecule has 2 rings (SSSR count). The number of esters is 1. The molecule has 0 saturated carbocycles. The third kappa shape index (κ3) is 8.25. The van der Waals surface area contributed by atoms with E-state index in [9.17, 15) is 13.6 Å². The highest BCUT2D eigenvalue weighted by molar-refractivity contribution is 7.76. The Kier molecular flexibility index (Phi) is 9.66. The number of nitrogens with one attached hydrogen (secondary N) is 1. The topological polar surface area (TPSA) is 99.9 Å². The van der Waals surface area contributed by atoms with Crippen LogP contribution >= 0.6 is 0 Å². The standard InChI is InChI=1S/C21H26N2O5S/c1-2-7-20(22)18-11-13-19(14-12-18)28-21(24)10-6-15-23(29(25)26)27-16-17-8-4-3-5-9-17/h3-5,8-9,11-14,22H,2,6-7,10,15-16H2,1H3,(H,25,26). The van der Waals surface area contributed by atoms with Crippen LogP contribution in [-0.2, 0) is 27.5 Å². The molecule has 2 aromatic carbocycles. The van der Waals surface area contributed by atoms with Gasteiger partial charge in [0.1, 0.15) is 5.75 Å². The number of rotatable bonds is 12. The predicted octanol–water partition coefficient (Wildman–Crippen LogP) is 4.11. The summed E-state index contributed by atoms with van der Waals surface area (Å²) in [5.74, 6) is -0.0286. The van der Waals surface area contributed by atoms with Crippen LogP contribution in [0.15, 0.2) is 54.6 Å². The van der Waals surface area contributed by atoms with Crippen LogP contribution in [-0.4, -0.2) is 31.5 Å². The third-order valence-corrected chi connectivity index (χ3v) is 4.68. The first-order chi connectivity index (χ1) is 14.0. The molecular weight excluding hydrogens is 392 g/mol. The number of carbonyl (C=O) groups excluding carboxylic acids is 1. The van der Waals surface area contributed by atoms with Gasteiger partial charge in [0.25, 0.3) is 11.3 Å². The SMILES string of the molecule is CCCC(=N)c1ccc(OC(=O)CCCN(OCc2ccccc2)S(=O)O)cc1. The maximum absolute atomic E-state index is 12.0. The molecule has 7 nitrogen and oxygen atoms in total. The molecule has 0 radical (unpaired) electrons. The Hall–Kier alpha value is -2.39. The summed E-state index contributed by atoms with van der Waals surface area (Å²) in [4.78, 5) is 17.4.